The van der Waals surface area contributed by atoms with Gasteiger partial charge >= 0.3 is 0 Å². The second-order valence-corrected chi connectivity index (χ2v) is 7.44. The molecule has 2 atom stereocenters. The molecule has 27 heavy (non-hydrogen) atoms. The first-order valence-electron chi connectivity index (χ1n) is 10.6. The number of carbonyl (C=O) groups is 1. The molecule has 1 N–H and O–H groups in total. The van der Waals surface area contributed by atoms with Crippen molar-refractivity contribution in [3.8, 4) is 5.75 Å². The highest BCUT2D eigenvalue weighted by molar-refractivity contribution is 5.47. The molecule has 0 bridgehead atoms. The Morgan fingerprint density at radius 1 is 1.07 bits per heavy atom. The van der Waals surface area contributed by atoms with E-state index in [0.717, 1.165) is 44.9 Å². The summed E-state index contributed by atoms with van der Waals surface area (Å²) in [6, 6.07) is 9.40. The van der Waals surface area contributed by atoms with Crippen molar-refractivity contribution < 1.29 is 9.53 Å². The first-order valence-corrected chi connectivity index (χ1v) is 10.6. The topological polar surface area (TPSA) is 44.8 Å². The van der Waals surface area contributed by atoms with Gasteiger partial charge in [-0.3, -0.25) is 9.69 Å². The number of rotatable bonds is 6. The fourth-order valence-corrected chi connectivity index (χ4v) is 4.18. The lowest BCUT2D eigenvalue weighted by Crippen LogP contribution is -2.57. The van der Waals surface area contributed by atoms with Crippen LogP contribution in [0.2, 0.25) is 0 Å². The summed E-state index contributed by atoms with van der Waals surface area (Å²) in [7, 11) is 0. The summed E-state index contributed by atoms with van der Waals surface area (Å²) in [5, 5.41) is 3.42. The molecule has 0 saturated carbocycles. The SMILES string of the molecule is CC.CC1CN(C=O)CC(C)N1CCOc1ccc(C2CCNCC2)cc1. The number of piperidine rings is 1. The molecule has 1 aromatic rings. The highest BCUT2D eigenvalue weighted by Crippen LogP contribution is 2.26. The molecule has 0 spiro atoms. The van der Waals surface area contributed by atoms with Crippen LogP contribution in [-0.4, -0.2) is 67.6 Å². The van der Waals surface area contributed by atoms with Crippen LogP contribution in [0.15, 0.2) is 24.3 Å². The number of piperazine rings is 1. The van der Waals surface area contributed by atoms with E-state index in [1.165, 1.54) is 18.4 Å². The normalized spacial score (nSPS) is 24.1. The van der Waals surface area contributed by atoms with Crippen molar-refractivity contribution in [1.82, 2.24) is 15.1 Å². The lowest BCUT2D eigenvalue weighted by molar-refractivity contribution is -0.122. The number of hydrogen-bond acceptors (Lipinski definition) is 4. The third-order valence-corrected chi connectivity index (χ3v) is 5.59. The van der Waals surface area contributed by atoms with Gasteiger partial charge in [0.25, 0.3) is 0 Å². The molecule has 2 aliphatic rings. The summed E-state index contributed by atoms with van der Waals surface area (Å²) < 4.78 is 5.96. The van der Waals surface area contributed by atoms with Crippen molar-refractivity contribution in [1.29, 1.82) is 0 Å². The molecule has 2 saturated heterocycles. The van der Waals surface area contributed by atoms with Crippen LogP contribution in [-0.2, 0) is 4.79 Å². The fourth-order valence-electron chi connectivity index (χ4n) is 4.18. The lowest BCUT2D eigenvalue weighted by atomic mass is 9.90. The zero-order valence-electron chi connectivity index (χ0n) is 17.5. The number of nitrogens with one attached hydrogen (secondary N) is 1. The Morgan fingerprint density at radius 2 is 1.67 bits per heavy atom. The fraction of sp³-hybridized carbons (Fsp3) is 0.682. The third-order valence-electron chi connectivity index (χ3n) is 5.59. The van der Waals surface area contributed by atoms with E-state index in [-0.39, 0.29) is 0 Å². The van der Waals surface area contributed by atoms with Gasteiger partial charge in [-0.2, -0.15) is 0 Å². The minimum Gasteiger partial charge on any atom is -0.492 e. The van der Waals surface area contributed by atoms with Gasteiger partial charge in [0, 0.05) is 31.7 Å². The van der Waals surface area contributed by atoms with Crippen LogP contribution in [0.5, 0.6) is 5.75 Å². The Labute approximate surface area is 165 Å². The molecule has 2 heterocycles. The van der Waals surface area contributed by atoms with Gasteiger partial charge in [0.1, 0.15) is 12.4 Å². The maximum absolute atomic E-state index is 11.0. The highest BCUT2D eigenvalue weighted by Gasteiger charge is 2.28. The second-order valence-electron chi connectivity index (χ2n) is 7.44. The Balaban J connectivity index is 0.00000126. The minimum absolute atomic E-state index is 0.375. The average molecular weight is 376 g/mol. The van der Waals surface area contributed by atoms with E-state index in [1.54, 1.807) is 0 Å². The van der Waals surface area contributed by atoms with Crippen molar-refractivity contribution >= 4 is 6.41 Å². The van der Waals surface area contributed by atoms with E-state index in [9.17, 15) is 4.79 Å². The van der Waals surface area contributed by atoms with Crippen molar-refractivity contribution in [3.05, 3.63) is 29.8 Å². The van der Waals surface area contributed by atoms with E-state index in [1.807, 2.05) is 18.7 Å². The number of carbonyl (C=O) groups excluding carboxylic acids is 1. The first-order chi connectivity index (χ1) is 13.2. The molecule has 2 fully saturated rings. The van der Waals surface area contributed by atoms with Crippen molar-refractivity contribution in [2.24, 2.45) is 0 Å². The molecule has 1 amide bonds. The minimum atomic E-state index is 0.375. The van der Waals surface area contributed by atoms with Gasteiger partial charge in [0.15, 0.2) is 0 Å². The molecule has 5 nitrogen and oxygen atoms in total. The van der Waals surface area contributed by atoms with Crippen LogP contribution in [0.4, 0.5) is 0 Å². The molecule has 1 aromatic carbocycles. The molecule has 2 unspecified atom stereocenters. The molecular weight excluding hydrogens is 338 g/mol. The molecule has 0 aromatic heterocycles. The number of ether oxygens (including phenoxy) is 1. The van der Waals surface area contributed by atoms with Crippen LogP contribution in [0.25, 0.3) is 0 Å². The molecule has 5 heteroatoms. The maximum Gasteiger partial charge on any atom is 0.209 e. The second kappa shape index (κ2) is 11.3. The van der Waals surface area contributed by atoms with Gasteiger partial charge in [-0.25, -0.2) is 0 Å². The average Bonchev–Trinajstić information content (AvgIpc) is 2.72. The first kappa shape index (κ1) is 21.7. The van der Waals surface area contributed by atoms with E-state index >= 15 is 0 Å². The van der Waals surface area contributed by atoms with E-state index in [2.05, 4.69) is 48.3 Å². The quantitative estimate of drug-likeness (QED) is 0.776. The van der Waals surface area contributed by atoms with Crippen molar-refractivity contribution in [3.63, 3.8) is 0 Å². The summed E-state index contributed by atoms with van der Waals surface area (Å²) in [5.41, 5.74) is 1.43. The Morgan fingerprint density at radius 3 is 2.22 bits per heavy atom. The standard InChI is InChI=1S/C20H31N3O2.C2H6/c1-16-13-22(15-24)14-17(2)23(16)11-12-25-20-5-3-18(4-6-20)19-7-9-21-10-8-19;1-2/h3-6,15-17,19,21H,7-14H2,1-2H3;1-2H3. The molecule has 0 aliphatic carbocycles. The summed E-state index contributed by atoms with van der Waals surface area (Å²) in [6.07, 6.45) is 3.41. The van der Waals surface area contributed by atoms with E-state index < -0.39 is 0 Å². The number of benzene rings is 1. The summed E-state index contributed by atoms with van der Waals surface area (Å²) in [5.74, 6) is 1.63. The summed E-state index contributed by atoms with van der Waals surface area (Å²) in [4.78, 5) is 15.3. The van der Waals surface area contributed by atoms with Crippen molar-refractivity contribution in [2.75, 3.05) is 39.3 Å². The van der Waals surface area contributed by atoms with Gasteiger partial charge in [-0.15, -0.1) is 0 Å². The van der Waals surface area contributed by atoms with Crippen LogP contribution in [0.1, 0.15) is 52.0 Å². The number of hydrogen-bond donors (Lipinski definition) is 1. The molecule has 2 aliphatic heterocycles. The van der Waals surface area contributed by atoms with Crippen LogP contribution in [0, 0.1) is 0 Å². The monoisotopic (exact) mass is 375 g/mol. The molecule has 3 rings (SSSR count). The summed E-state index contributed by atoms with van der Waals surface area (Å²) >= 11 is 0. The van der Waals surface area contributed by atoms with Gasteiger partial charge in [-0.1, -0.05) is 26.0 Å². The van der Waals surface area contributed by atoms with Gasteiger partial charge in [0.05, 0.1) is 0 Å². The summed E-state index contributed by atoms with van der Waals surface area (Å²) in [6.45, 7) is 13.8. The third kappa shape index (κ3) is 6.22. The predicted octanol–water partition coefficient (Wildman–Crippen LogP) is 3.11. The zero-order valence-corrected chi connectivity index (χ0v) is 17.5. The lowest BCUT2D eigenvalue weighted by Gasteiger charge is -2.43. The van der Waals surface area contributed by atoms with Crippen LogP contribution >= 0.6 is 0 Å². The maximum atomic E-state index is 11.0. The zero-order chi connectivity index (χ0) is 19.6. The predicted molar refractivity (Wildman–Crippen MR) is 111 cm³/mol. The highest BCUT2D eigenvalue weighted by atomic mass is 16.5. The smallest absolute Gasteiger partial charge is 0.209 e. The van der Waals surface area contributed by atoms with Gasteiger partial charge in [-0.05, 0) is 63.4 Å². The molecule has 0 radical (unpaired) electrons. The van der Waals surface area contributed by atoms with Crippen molar-refractivity contribution in [2.45, 2.75) is 58.5 Å². The Bertz CT molecular complexity index is 531. The largest absolute Gasteiger partial charge is 0.492 e. The Kier molecular flexibility index (Phi) is 9.08. The van der Waals surface area contributed by atoms with E-state index in [4.69, 9.17) is 4.74 Å². The van der Waals surface area contributed by atoms with Gasteiger partial charge in [0.2, 0.25) is 6.41 Å². The van der Waals surface area contributed by atoms with Crippen LogP contribution < -0.4 is 10.1 Å². The Hall–Kier alpha value is -1.59. The molecular formula is C22H37N3O2. The van der Waals surface area contributed by atoms with Gasteiger partial charge < -0.3 is 15.0 Å². The number of nitrogens with zero attached hydrogens (tertiary/aromatic N) is 2. The van der Waals surface area contributed by atoms with Crippen LogP contribution in [0.3, 0.4) is 0 Å². The van der Waals surface area contributed by atoms with E-state index in [0.29, 0.717) is 24.6 Å². The number of amides is 1. The molecule has 152 valence electrons.